The Labute approximate surface area is 169 Å². The molecule has 4 rings (SSSR count). The molecule has 0 radical (unpaired) electrons. The molecule has 29 heavy (non-hydrogen) atoms. The third-order valence-electron chi connectivity index (χ3n) is 4.62. The van der Waals surface area contributed by atoms with E-state index in [4.69, 9.17) is 10.5 Å². The Morgan fingerprint density at radius 2 is 2.10 bits per heavy atom. The highest BCUT2D eigenvalue weighted by molar-refractivity contribution is 7.17. The minimum Gasteiger partial charge on any atom is -0.450 e. The zero-order chi connectivity index (χ0) is 20.5. The number of nitrogens with two attached hydrogens (primary N) is 1. The van der Waals surface area contributed by atoms with E-state index in [9.17, 15) is 14.4 Å². The largest absolute Gasteiger partial charge is 0.450 e. The molecule has 0 spiro atoms. The van der Waals surface area contributed by atoms with Crippen LogP contribution < -0.4 is 11.1 Å². The molecule has 0 fully saturated rings. The maximum absolute atomic E-state index is 12.3. The number of nitrogens with zero attached hydrogens (tertiary/aromatic N) is 4. The molecule has 1 aliphatic rings. The number of carbonyl (C=O) groups excluding carboxylic acids is 3. The molecule has 3 heterocycles. The Kier molecular flexibility index (Phi) is 4.97. The van der Waals surface area contributed by atoms with Crippen LogP contribution in [0.3, 0.4) is 0 Å². The number of amides is 2. The summed E-state index contributed by atoms with van der Waals surface area (Å²) in [5.74, 6) is -1.92. The number of rotatable bonds is 5. The van der Waals surface area contributed by atoms with Crippen LogP contribution in [0, 0.1) is 6.92 Å². The van der Waals surface area contributed by atoms with Crippen molar-refractivity contribution in [2.24, 2.45) is 5.73 Å². The van der Waals surface area contributed by atoms with Crippen molar-refractivity contribution in [3.8, 4) is 0 Å². The Balaban J connectivity index is 1.43. The van der Waals surface area contributed by atoms with Crippen LogP contribution in [0.2, 0.25) is 0 Å². The lowest BCUT2D eigenvalue weighted by atomic mass is 9.95. The number of primary amides is 1. The van der Waals surface area contributed by atoms with Crippen LogP contribution in [0.1, 0.15) is 50.0 Å². The number of fused-ring (bicyclic) bond motifs is 2. The summed E-state index contributed by atoms with van der Waals surface area (Å²) in [6, 6.07) is 1.72. The lowest BCUT2D eigenvalue weighted by Crippen LogP contribution is -2.23. The topological polar surface area (TPSA) is 142 Å². The fraction of sp³-hybridized carbons (Fsp3) is 0.333. The molecule has 0 aliphatic heterocycles. The summed E-state index contributed by atoms with van der Waals surface area (Å²) in [6.45, 7) is 1.25. The number of aromatic nitrogens is 4. The maximum atomic E-state index is 12.3. The van der Waals surface area contributed by atoms with Gasteiger partial charge >= 0.3 is 5.97 Å². The van der Waals surface area contributed by atoms with Gasteiger partial charge in [-0.15, -0.1) is 16.4 Å². The first-order chi connectivity index (χ1) is 13.9. The van der Waals surface area contributed by atoms with Gasteiger partial charge in [0, 0.05) is 16.8 Å². The van der Waals surface area contributed by atoms with Gasteiger partial charge in [0.05, 0.1) is 5.56 Å². The minimum absolute atomic E-state index is 0.191. The Morgan fingerprint density at radius 1 is 1.31 bits per heavy atom. The number of aryl methyl sites for hydroxylation is 2. The quantitative estimate of drug-likeness (QED) is 0.599. The first-order valence-corrected chi connectivity index (χ1v) is 9.85. The van der Waals surface area contributed by atoms with E-state index in [0.717, 1.165) is 41.8 Å². The smallest absolute Gasteiger partial charge is 0.378 e. The molecule has 3 N–H and O–H groups in total. The van der Waals surface area contributed by atoms with E-state index in [2.05, 4.69) is 20.4 Å². The van der Waals surface area contributed by atoms with Gasteiger partial charge in [0.1, 0.15) is 5.00 Å². The van der Waals surface area contributed by atoms with Gasteiger partial charge < -0.3 is 15.8 Å². The van der Waals surface area contributed by atoms with Gasteiger partial charge in [0.25, 0.3) is 23.4 Å². The lowest BCUT2D eigenvalue weighted by molar-refractivity contribution is -0.119. The standard InChI is InChI=1S/C18H18N6O4S/c1-9-6-7-20-18-22-15(23-24(9)18)17(27)28-8-12(25)21-16-13(14(19)26)10-4-2-3-5-11(10)29-16/h6-7H,2-5,8H2,1H3,(H2,19,26)(H,21,25). The number of thiophene rings is 1. The van der Waals surface area contributed by atoms with Crippen LogP contribution in [0.15, 0.2) is 12.3 Å². The second-order valence-electron chi connectivity index (χ2n) is 6.64. The molecule has 2 amide bonds. The van der Waals surface area contributed by atoms with Crippen LogP contribution in [0.5, 0.6) is 0 Å². The van der Waals surface area contributed by atoms with Crippen molar-refractivity contribution < 1.29 is 19.1 Å². The predicted octanol–water partition coefficient (Wildman–Crippen LogP) is 1.27. The zero-order valence-electron chi connectivity index (χ0n) is 15.6. The summed E-state index contributed by atoms with van der Waals surface area (Å²) in [5, 5.41) is 7.07. The summed E-state index contributed by atoms with van der Waals surface area (Å²) in [4.78, 5) is 45.4. The first kappa shape index (κ1) is 19.0. The minimum atomic E-state index is -0.842. The molecule has 0 saturated heterocycles. The number of hydrogen-bond acceptors (Lipinski definition) is 8. The van der Waals surface area contributed by atoms with Gasteiger partial charge in [-0.2, -0.15) is 4.98 Å². The molecule has 11 heteroatoms. The zero-order valence-corrected chi connectivity index (χ0v) is 16.4. The molecule has 3 aromatic heterocycles. The van der Waals surface area contributed by atoms with E-state index in [1.807, 2.05) is 0 Å². The van der Waals surface area contributed by atoms with Crippen LogP contribution >= 0.6 is 11.3 Å². The first-order valence-electron chi connectivity index (χ1n) is 9.03. The molecule has 0 atom stereocenters. The van der Waals surface area contributed by atoms with Gasteiger partial charge in [-0.3, -0.25) is 9.59 Å². The van der Waals surface area contributed by atoms with E-state index in [-0.39, 0.29) is 11.6 Å². The average molecular weight is 414 g/mol. The fourth-order valence-corrected chi connectivity index (χ4v) is 4.58. The third kappa shape index (κ3) is 3.68. The highest BCUT2D eigenvalue weighted by Crippen LogP contribution is 2.37. The highest BCUT2D eigenvalue weighted by atomic mass is 32.1. The monoisotopic (exact) mass is 414 g/mol. The summed E-state index contributed by atoms with van der Waals surface area (Å²) >= 11 is 1.34. The maximum Gasteiger partial charge on any atom is 0.378 e. The molecule has 0 saturated carbocycles. The molecule has 0 aromatic carbocycles. The normalized spacial score (nSPS) is 13.1. The number of anilines is 1. The van der Waals surface area contributed by atoms with Crippen molar-refractivity contribution in [3.05, 3.63) is 39.8 Å². The van der Waals surface area contributed by atoms with Gasteiger partial charge in [0.2, 0.25) is 0 Å². The van der Waals surface area contributed by atoms with Crippen LogP contribution in [-0.4, -0.2) is 44.0 Å². The van der Waals surface area contributed by atoms with E-state index >= 15 is 0 Å². The number of ether oxygens (including phenoxy) is 1. The van der Waals surface area contributed by atoms with E-state index in [1.165, 1.54) is 15.9 Å². The molecule has 10 nitrogen and oxygen atoms in total. The van der Waals surface area contributed by atoms with Crippen molar-refractivity contribution in [2.75, 3.05) is 11.9 Å². The molecule has 0 bridgehead atoms. The van der Waals surface area contributed by atoms with Crippen LogP contribution in [0.25, 0.3) is 5.78 Å². The van der Waals surface area contributed by atoms with Gasteiger partial charge in [-0.05, 0) is 44.2 Å². The second-order valence-corrected chi connectivity index (χ2v) is 7.74. The van der Waals surface area contributed by atoms with Crippen LogP contribution in [-0.2, 0) is 22.4 Å². The van der Waals surface area contributed by atoms with Crippen molar-refractivity contribution in [3.63, 3.8) is 0 Å². The SMILES string of the molecule is Cc1ccnc2nc(C(=O)OCC(=O)Nc3sc4c(c3C(N)=O)CCCC4)nn12. The third-order valence-corrected chi connectivity index (χ3v) is 5.82. The Morgan fingerprint density at radius 3 is 2.86 bits per heavy atom. The predicted molar refractivity (Wildman–Crippen MR) is 104 cm³/mol. The molecule has 150 valence electrons. The van der Waals surface area contributed by atoms with Gasteiger partial charge in [-0.25, -0.2) is 14.3 Å². The van der Waals surface area contributed by atoms with Crippen LogP contribution in [0.4, 0.5) is 5.00 Å². The van der Waals surface area contributed by atoms with Crippen molar-refractivity contribution >= 4 is 39.9 Å². The summed E-state index contributed by atoms with van der Waals surface area (Å²) < 4.78 is 6.41. The fourth-order valence-electron chi connectivity index (χ4n) is 3.27. The van der Waals surface area contributed by atoms with E-state index < -0.39 is 24.4 Å². The summed E-state index contributed by atoms with van der Waals surface area (Å²) in [5.41, 5.74) is 7.53. The number of carbonyl (C=O) groups is 3. The molecule has 1 aliphatic carbocycles. The molecular weight excluding hydrogens is 396 g/mol. The molecule has 0 unspecified atom stereocenters. The Bertz CT molecular complexity index is 1140. The summed E-state index contributed by atoms with van der Waals surface area (Å²) in [6.07, 6.45) is 5.20. The number of nitrogens with one attached hydrogen (secondary N) is 1. The average Bonchev–Trinajstić information content (AvgIpc) is 3.28. The number of esters is 1. The van der Waals surface area contributed by atoms with Gasteiger partial charge in [-0.1, -0.05) is 0 Å². The molecular formula is C18H18N6O4S. The highest BCUT2D eigenvalue weighted by Gasteiger charge is 2.25. The van der Waals surface area contributed by atoms with Crippen molar-refractivity contribution in [1.82, 2.24) is 19.6 Å². The number of hydrogen-bond donors (Lipinski definition) is 2. The van der Waals surface area contributed by atoms with Crippen molar-refractivity contribution in [1.29, 1.82) is 0 Å². The van der Waals surface area contributed by atoms with E-state index in [1.54, 1.807) is 19.2 Å². The Hall–Kier alpha value is -3.34. The summed E-state index contributed by atoms with van der Waals surface area (Å²) in [7, 11) is 0. The second kappa shape index (κ2) is 7.59. The lowest BCUT2D eigenvalue weighted by Gasteiger charge is -2.11. The van der Waals surface area contributed by atoms with E-state index in [0.29, 0.717) is 10.6 Å². The van der Waals surface area contributed by atoms with Gasteiger partial charge in [0.15, 0.2) is 6.61 Å². The van der Waals surface area contributed by atoms with Crippen molar-refractivity contribution in [2.45, 2.75) is 32.6 Å². The molecule has 3 aromatic rings.